The lowest BCUT2D eigenvalue weighted by molar-refractivity contribution is -0.128. The summed E-state index contributed by atoms with van der Waals surface area (Å²) in [5.74, 6) is -0.585. The van der Waals surface area contributed by atoms with Crippen molar-refractivity contribution in [3.05, 3.63) is 0 Å². The predicted octanol–water partition coefficient (Wildman–Crippen LogP) is -2.07. The summed E-state index contributed by atoms with van der Waals surface area (Å²) in [4.78, 5) is 30.3. The number of primary amides is 1. The van der Waals surface area contributed by atoms with Crippen molar-refractivity contribution in [2.75, 3.05) is 72.6 Å². The molecule has 132 valence electrons. The van der Waals surface area contributed by atoms with Gasteiger partial charge in [-0.25, -0.2) is 0 Å². The van der Waals surface area contributed by atoms with E-state index in [4.69, 9.17) is 10.5 Å². The molecule has 2 aliphatic rings. The van der Waals surface area contributed by atoms with Gasteiger partial charge in [-0.1, -0.05) is 0 Å². The molecule has 1 atom stereocenters. The van der Waals surface area contributed by atoms with Crippen molar-refractivity contribution < 1.29 is 14.3 Å². The van der Waals surface area contributed by atoms with Gasteiger partial charge in [0, 0.05) is 58.8 Å². The number of rotatable bonds is 7. The summed E-state index contributed by atoms with van der Waals surface area (Å²) in [6.07, 6.45) is 0.381. The van der Waals surface area contributed by atoms with Crippen molar-refractivity contribution in [2.24, 2.45) is 5.73 Å². The fraction of sp³-hybridized carbons (Fsp3) is 0.867. The lowest BCUT2D eigenvalue weighted by Crippen LogP contribution is -2.55. The molecule has 1 unspecified atom stereocenters. The highest BCUT2D eigenvalue weighted by Crippen LogP contribution is 2.02. The minimum Gasteiger partial charge on any atom is -0.379 e. The third kappa shape index (κ3) is 6.42. The maximum absolute atomic E-state index is 12.1. The number of hydrogen-bond acceptors (Lipinski definition) is 6. The quantitative estimate of drug-likeness (QED) is 0.558. The van der Waals surface area contributed by atoms with Gasteiger partial charge in [-0.05, 0) is 7.05 Å². The fourth-order valence-electron chi connectivity index (χ4n) is 2.85. The summed E-state index contributed by atoms with van der Waals surface area (Å²) in [5.41, 5.74) is 5.45. The fourth-order valence-corrected chi connectivity index (χ4v) is 2.85. The number of nitrogens with one attached hydrogen (secondary N) is 1. The van der Waals surface area contributed by atoms with Crippen molar-refractivity contribution in [2.45, 2.75) is 12.5 Å². The van der Waals surface area contributed by atoms with E-state index in [9.17, 15) is 9.59 Å². The predicted molar refractivity (Wildman–Crippen MR) is 86.9 cm³/mol. The van der Waals surface area contributed by atoms with Crippen LogP contribution in [-0.2, 0) is 14.3 Å². The Hall–Kier alpha value is -1.22. The first-order chi connectivity index (χ1) is 11.0. The molecule has 3 N–H and O–H groups in total. The zero-order valence-corrected chi connectivity index (χ0v) is 14.0. The number of carbonyl (C=O) groups excluding carboxylic acids is 2. The van der Waals surface area contributed by atoms with Crippen LogP contribution in [0.1, 0.15) is 6.42 Å². The van der Waals surface area contributed by atoms with Gasteiger partial charge >= 0.3 is 0 Å². The van der Waals surface area contributed by atoms with Gasteiger partial charge in [-0.2, -0.15) is 0 Å². The van der Waals surface area contributed by atoms with E-state index in [0.717, 1.165) is 52.5 Å². The monoisotopic (exact) mass is 327 g/mol. The van der Waals surface area contributed by atoms with Gasteiger partial charge in [-0.3, -0.25) is 19.4 Å². The van der Waals surface area contributed by atoms with Crippen LogP contribution in [0.3, 0.4) is 0 Å². The van der Waals surface area contributed by atoms with Crippen LogP contribution in [0, 0.1) is 0 Å². The van der Waals surface area contributed by atoms with Crippen LogP contribution in [0.25, 0.3) is 0 Å². The van der Waals surface area contributed by atoms with Crippen molar-refractivity contribution >= 4 is 11.8 Å². The molecule has 0 radical (unpaired) electrons. The molecule has 2 aliphatic heterocycles. The van der Waals surface area contributed by atoms with Crippen LogP contribution in [-0.4, -0.2) is 105 Å². The molecule has 0 bridgehead atoms. The Labute approximate surface area is 137 Å². The minimum atomic E-state index is -0.615. The molecule has 0 spiro atoms. The van der Waals surface area contributed by atoms with Crippen LogP contribution in [0.5, 0.6) is 0 Å². The number of ether oxygens (including phenoxy) is 1. The average Bonchev–Trinajstić information content (AvgIpc) is 2.55. The maximum Gasteiger partial charge on any atom is 0.241 e. The third-order valence-corrected chi connectivity index (χ3v) is 4.47. The van der Waals surface area contributed by atoms with E-state index >= 15 is 0 Å². The zero-order chi connectivity index (χ0) is 16.7. The average molecular weight is 327 g/mol. The Kier molecular flexibility index (Phi) is 7.22. The van der Waals surface area contributed by atoms with E-state index in [1.807, 2.05) is 0 Å². The van der Waals surface area contributed by atoms with E-state index in [1.54, 1.807) is 0 Å². The third-order valence-electron chi connectivity index (χ3n) is 4.47. The highest BCUT2D eigenvalue weighted by Gasteiger charge is 2.23. The first-order valence-electron chi connectivity index (χ1n) is 8.34. The second-order valence-electron chi connectivity index (χ2n) is 6.33. The van der Waals surface area contributed by atoms with Gasteiger partial charge in [0.2, 0.25) is 11.8 Å². The second-order valence-corrected chi connectivity index (χ2v) is 6.33. The topological polar surface area (TPSA) is 91.1 Å². The number of nitrogens with two attached hydrogens (primary N) is 1. The van der Waals surface area contributed by atoms with E-state index in [-0.39, 0.29) is 5.91 Å². The van der Waals surface area contributed by atoms with Crippen molar-refractivity contribution in [3.63, 3.8) is 0 Å². The molecule has 2 heterocycles. The number of hydrogen-bond donors (Lipinski definition) is 2. The van der Waals surface area contributed by atoms with Gasteiger partial charge in [0.1, 0.15) is 6.04 Å². The van der Waals surface area contributed by atoms with Gasteiger partial charge < -0.3 is 20.7 Å². The largest absolute Gasteiger partial charge is 0.379 e. The van der Waals surface area contributed by atoms with Gasteiger partial charge in [-0.15, -0.1) is 0 Å². The summed E-state index contributed by atoms with van der Waals surface area (Å²) in [7, 11) is 2.08. The van der Waals surface area contributed by atoms with Gasteiger partial charge in [0.15, 0.2) is 0 Å². The minimum absolute atomic E-state index is 0.116. The highest BCUT2D eigenvalue weighted by molar-refractivity contribution is 5.86. The van der Waals surface area contributed by atoms with Gasteiger partial charge in [0.05, 0.1) is 13.2 Å². The summed E-state index contributed by atoms with van der Waals surface area (Å²) in [6.45, 7) is 8.05. The molecule has 0 aliphatic carbocycles. The van der Waals surface area contributed by atoms with Crippen LogP contribution in [0.15, 0.2) is 0 Å². The summed E-state index contributed by atoms with van der Waals surface area (Å²) in [5, 5.41) is 2.79. The Bertz CT molecular complexity index is 393. The molecule has 2 rings (SSSR count). The molecule has 0 aromatic rings. The normalized spacial score (nSPS) is 22.7. The second kappa shape index (κ2) is 9.17. The van der Waals surface area contributed by atoms with E-state index < -0.39 is 11.9 Å². The number of likely N-dealkylation sites (N-methyl/N-ethyl adjacent to an activating group) is 1. The lowest BCUT2D eigenvalue weighted by Gasteiger charge is -2.34. The van der Waals surface area contributed by atoms with Crippen LogP contribution >= 0.6 is 0 Å². The molecule has 23 heavy (non-hydrogen) atoms. The molecule has 0 aromatic heterocycles. The van der Waals surface area contributed by atoms with Crippen molar-refractivity contribution in [1.29, 1.82) is 0 Å². The summed E-state index contributed by atoms with van der Waals surface area (Å²) < 4.78 is 5.28. The maximum atomic E-state index is 12.1. The van der Waals surface area contributed by atoms with Crippen LogP contribution in [0.4, 0.5) is 0 Å². The number of nitrogens with zero attached hydrogens (tertiary/aromatic N) is 3. The SMILES string of the molecule is CN1CCN(CC(NC(=O)CCN2CCOCC2)C(N)=O)CC1. The van der Waals surface area contributed by atoms with E-state index in [2.05, 4.69) is 27.1 Å². The smallest absolute Gasteiger partial charge is 0.241 e. The Balaban J connectivity index is 1.72. The van der Waals surface area contributed by atoms with E-state index in [0.29, 0.717) is 19.5 Å². The zero-order valence-electron chi connectivity index (χ0n) is 14.0. The first kappa shape index (κ1) is 18.1. The molecule has 2 saturated heterocycles. The molecular weight excluding hydrogens is 298 g/mol. The molecule has 8 nitrogen and oxygen atoms in total. The molecule has 0 aromatic carbocycles. The highest BCUT2D eigenvalue weighted by atomic mass is 16.5. The number of amides is 2. The summed E-state index contributed by atoms with van der Waals surface area (Å²) >= 11 is 0. The number of piperazine rings is 1. The lowest BCUT2D eigenvalue weighted by atomic mass is 10.2. The molecule has 2 amide bonds. The molecule has 8 heteroatoms. The Morgan fingerprint density at radius 2 is 1.74 bits per heavy atom. The Morgan fingerprint density at radius 3 is 2.35 bits per heavy atom. The molecule has 0 saturated carbocycles. The van der Waals surface area contributed by atoms with Crippen molar-refractivity contribution in [1.82, 2.24) is 20.0 Å². The number of carbonyl (C=O) groups is 2. The van der Waals surface area contributed by atoms with Crippen LogP contribution in [0.2, 0.25) is 0 Å². The number of morpholine rings is 1. The Morgan fingerprint density at radius 1 is 1.09 bits per heavy atom. The summed E-state index contributed by atoms with van der Waals surface area (Å²) in [6, 6.07) is -0.615. The standard InChI is InChI=1S/C15H29N5O3/c1-18-4-6-20(7-5-18)12-13(15(16)22)17-14(21)2-3-19-8-10-23-11-9-19/h13H,2-12H2,1H3,(H2,16,22)(H,17,21). The molecular formula is C15H29N5O3. The van der Waals surface area contributed by atoms with Gasteiger partial charge in [0.25, 0.3) is 0 Å². The van der Waals surface area contributed by atoms with Crippen LogP contribution < -0.4 is 11.1 Å². The van der Waals surface area contributed by atoms with E-state index in [1.165, 1.54) is 0 Å². The molecule has 2 fully saturated rings. The first-order valence-corrected chi connectivity index (χ1v) is 8.34. The van der Waals surface area contributed by atoms with Crippen molar-refractivity contribution in [3.8, 4) is 0 Å².